The fraction of sp³-hybridized carbons (Fsp3) is 0.429. The molecule has 1 aliphatic heterocycles. The van der Waals surface area contributed by atoms with E-state index in [1.807, 2.05) is 6.07 Å². The Kier molecular flexibility index (Phi) is 4.55. The van der Waals surface area contributed by atoms with Crippen LogP contribution in [0.2, 0.25) is 0 Å². The lowest BCUT2D eigenvalue weighted by atomic mass is 9.90. The number of hydrogen-bond donors (Lipinski definition) is 2. The van der Waals surface area contributed by atoms with Gasteiger partial charge in [0.15, 0.2) is 0 Å². The van der Waals surface area contributed by atoms with E-state index in [9.17, 15) is 9.00 Å². The molecule has 1 aliphatic rings. The van der Waals surface area contributed by atoms with Crippen molar-refractivity contribution in [3.63, 3.8) is 0 Å². The number of rotatable bonds is 3. The van der Waals surface area contributed by atoms with Gasteiger partial charge < -0.3 is 11.1 Å². The summed E-state index contributed by atoms with van der Waals surface area (Å²) in [7, 11) is 0.649. The molecule has 3 N–H and O–H groups in total. The van der Waals surface area contributed by atoms with Crippen LogP contribution in [0.4, 0.5) is 0 Å². The maximum Gasteiger partial charge on any atom is 0.248 e. The number of benzene rings is 1. The zero-order valence-electron chi connectivity index (χ0n) is 11.3. The molecule has 0 saturated carbocycles. The van der Waals surface area contributed by atoms with Crippen LogP contribution in [0.1, 0.15) is 35.2 Å². The van der Waals surface area contributed by atoms with E-state index in [0.717, 1.165) is 24.8 Å². The quantitative estimate of drug-likeness (QED) is 0.829. The van der Waals surface area contributed by atoms with Crippen LogP contribution < -0.4 is 11.1 Å². The minimum atomic E-state index is -1.09. The van der Waals surface area contributed by atoms with Gasteiger partial charge in [0.2, 0.25) is 5.91 Å². The van der Waals surface area contributed by atoms with Gasteiger partial charge in [0, 0.05) is 29.2 Å². The minimum absolute atomic E-state index is 0.420. The van der Waals surface area contributed by atoms with Crippen LogP contribution in [0.3, 0.4) is 0 Å². The summed E-state index contributed by atoms with van der Waals surface area (Å²) in [6.07, 6.45) is 2.63. The molecule has 2 rings (SSSR count). The lowest BCUT2D eigenvalue weighted by Gasteiger charge is -2.37. The smallest absolute Gasteiger partial charge is 0.248 e. The van der Waals surface area contributed by atoms with Gasteiger partial charge in [0.05, 0.1) is 4.99 Å². The highest BCUT2D eigenvalue weighted by Gasteiger charge is 2.44. The van der Waals surface area contributed by atoms with Crippen molar-refractivity contribution in [2.45, 2.75) is 24.0 Å². The van der Waals surface area contributed by atoms with E-state index in [1.54, 1.807) is 25.2 Å². The molecule has 108 valence electrons. The largest absolute Gasteiger partial charge is 0.381 e. The van der Waals surface area contributed by atoms with Gasteiger partial charge in [-0.3, -0.25) is 9.00 Å². The van der Waals surface area contributed by atoms with Gasteiger partial charge in [0.25, 0.3) is 0 Å². The monoisotopic (exact) mass is 310 g/mol. The molecule has 20 heavy (non-hydrogen) atoms. The van der Waals surface area contributed by atoms with Crippen LogP contribution in [0, 0.1) is 0 Å². The summed E-state index contributed by atoms with van der Waals surface area (Å²) in [5.41, 5.74) is 6.57. The molecule has 6 heteroatoms. The third-order valence-corrected chi connectivity index (χ3v) is 6.47. The van der Waals surface area contributed by atoms with Crippen LogP contribution >= 0.6 is 12.2 Å². The van der Waals surface area contributed by atoms with Gasteiger partial charge >= 0.3 is 0 Å². The Labute approximate surface area is 126 Å². The summed E-state index contributed by atoms with van der Waals surface area (Å²) in [4.78, 5) is 11.9. The Morgan fingerprint density at radius 3 is 2.80 bits per heavy atom. The van der Waals surface area contributed by atoms with Gasteiger partial charge in [0.1, 0.15) is 4.75 Å². The van der Waals surface area contributed by atoms with E-state index < -0.39 is 21.5 Å². The van der Waals surface area contributed by atoms with Crippen molar-refractivity contribution in [3.8, 4) is 0 Å². The predicted molar refractivity (Wildman–Crippen MR) is 85.2 cm³/mol. The molecule has 0 spiro atoms. The Bertz CT molecular complexity index is 564. The van der Waals surface area contributed by atoms with Gasteiger partial charge in [-0.15, -0.1) is 0 Å². The molecule has 1 heterocycles. The van der Waals surface area contributed by atoms with Gasteiger partial charge in [-0.05, 0) is 30.5 Å². The molecule has 0 aliphatic carbocycles. The second kappa shape index (κ2) is 6.01. The van der Waals surface area contributed by atoms with E-state index >= 15 is 0 Å². The normalized spacial score (nSPS) is 25.9. The van der Waals surface area contributed by atoms with Crippen molar-refractivity contribution in [2.75, 3.05) is 12.8 Å². The van der Waals surface area contributed by atoms with Crippen molar-refractivity contribution in [1.29, 1.82) is 0 Å². The van der Waals surface area contributed by atoms with Crippen LogP contribution in [0.15, 0.2) is 24.3 Å². The highest BCUT2D eigenvalue weighted by molar-refractivity contribution is 7.90. The molecule has 1 aromatic rings. The van der Waals surface area contributed by atoms with E-state index in [2.05, 4.69) is 5.32 Å². The number of nitrogens with two attached hydrogens (primary N) is 1. The first-order valence-corrected chi connectivity index (χ1v) is 8.26. The molecule has 1 saturated heterocycles. The molecule has 0 radical (unpaired) electrons. The Morgan fingerprint density at radius 2 is 2.20 bits per heavy atom. The first-order chi connectivity index (χ1) is 9.52. The second-order valence-corrected chi connectivity index (χ2v) is 7.06. The number of hydrogen-bond acceptors (Lipinski definition) is 3. The lowest BCUT2D eigenvalue weighted by Crippen LogP contribution is -2.48. The first-order valence-electron chi connectivity index (χ1n) is 6.53. The van der Waals surface area contributed by atoms with Crippen LogP contribution in [0.25, 0.3) is 0 Å². The first kappa shape index (κ1) is 15.1. The minimum Gasteiger partial charge on any atom is -0.381 e. The number of carbonyl (C=O) groups excluding carboxylic acids is 1. The highest BCUT2D eigenvalue weighted by Crippen LogP contribution is 2.39. The number of primary amides is 1. The number of carbonyl (C=O) groups is 1. The Balaban J connectivity index is 2.57. The molecule has 2 atom stereocenters. The number of amides is 1. The Morgan fingerprint density at radius 1 is 1.45 bits per heavy atom. The highest BCUT2D eigenvalue weighted by atomic mass is 32.2. The Hall–Kier alpha value is -1.27. The molecule has 1 fully saturated rings. The number of nitrogens with one attached hydrogen (secondary N) is 1. The zero-order chi connectivity index (χ0) is 14.8. The van der Waals surface area contributed by atoms with Gasteiger partial charge in [-0.2, -0.15) is 0 Å². The van der Waals surface area contributed by atoms with Gasteiger partial charge in [-0.25, -0.2) is 0 Å². The summed E-state index contributed by atoms with van der Waals surface area (Å²) in [6.45, 7) is 0. The van der Waals surface area contributed by atoms with Crippen LogP contribution in [0.5, 0.6) is 0 Å². The van der Waals surface area contributed by atoms with E-state index in [4.69, 9.17) is 18.0 Å². The maximum atomic E-state index is 12.7. The average molecular weight is 310 g/mol. The van der Waals surface area contributed by atoms with E-state index in [1.165, 1.54) is 0 Å². The molecular weight excluding hydrogens is 292 g/mol. The SMILES string of the molecule is CNC(=S)[C@]1(c2cccc(C(N)=O)c2)CCCCS1=O. The third-order valence-electron chi connectivity index (χ3n) is 3.70. The van der Waals surface area contributed by atoms with Crippen molar-refractivity contribution in [1.82, 2.24) is 5.32 Å². The molecular formula is C14H18N2O2S2. The van der Waals surface area contributed by atoms with Crippen molar-refractivity contribution >= 4 is 33.9 Å². The van der Waals surface area contributed by atoms with Crippen molar-refractivity contribution < 1.29 is 9.00 Å². The lowest BCUT2D eigenvalue weighted by molar-refractivity contribution is 0.1000. The maximum absolute atomic E-state index is 12.7. The van der Waals surface area contributed by atoms with Crippen molar-refractivity contribution in [3.05, 3.63) is 35.4 Å². The average Bonchev–Trinajstić information content (AvgIpc) is 2.47. The molecule has 1 unspecified atom stereocenters. The fourth-order valence-electron chi connectivity index (χ4n) is 2.64. The van der Waals surface area contributed by atoms with E-state index in [0.29, 0.717) is 16.3 Å². The molecule has 1 amide bonds. The predicted octanol–water partition coefficient (Wildman–Crippen LogP) is 1.46. The standard InChI is InChI=1S/C14H18N2O2S2/c1-16-13(19)14(7-2-3-8-20(14)18)11-6-4-5-10(9-11)12(15)17/h4-6,9H,2-3,7-8H2,1H3,(H2,15,17)(H,16,19)/t14-,20?/m1/s1. The number of thiocarbonyl (C=S) groups is 1. The number of likely N-dealkylation sites (N-methyl/N-ethyl adjacent to an activating group) is 1. The summed E-state index contributed by atoms with van der Waals surface area (Å²) in [5, 5.41) is 2.98. The molecule has 4 nitrogen and oxygen atoms in total. The van der Waals surface area contributed by atoms with Gasteiger partial charge in [-0.1, -0.05) is 30.8 Å². The summed E-state index contributed by atoms with van der Waals surface area (Å²) >= 11 is 5.44. The summed E-state index contributed by atoms with van der Waals surface area (Å²) < 4.78 is 12.0. The second-order valence-electron chi connectivity index (χ2n) is 4.86. The summed E-state index contributed by atoms with van der Waals surface area (Å²) in [5.74, 6) is 0.141. The molecule has 0 aromatic heterocycles. The molecule has 0 bridgehead atoms. The molecule has 1 aromatic carbocycles. The van der Waals surface area contributed by atoms with Crippen LogP contribution in [-0.2, 0) is 15.5 Å². The third kappa shape index (κ3) is 2.50. The van der Waals surface area contributed by atoms with Crippen LogP contribution in [-0.4, -0.2) is 27.9 Å². The zero-order valence-corrected chi connectivity index (χ0v) is 13.0. The fourth-order valence-corrected chi connectivity index (χ4v) is 5.03. The topological polar surface area (TPSA) is 72.2 Å². The summed E-state index contributed by atoms with van der Waals surface area (Å²) in [6, 6.07) is 7.02. The van der Waals surface area contributed by atoms with Crippen molar-refractivity contribution in [2.24, 2.45) is 5.73 Å². The van der Waals surface area contributed by atoms with E-state index in [-0.39, 0.29) is 0 Å².